The van der Waals surface area contributed by atoms with Gasteiger partial charge in [-0.3, -0.25) is 4.79 Å². The smallest absolute Gasteiger partial charge is 0.238 e. The maximum Gasteiger partial charge on any atom is 0.238 e. The molecule has 0 bridgehead atoms. The van der Waals surface area contributed by atoms with Gasteiger partial charge < -0.3 is 14.8 Å². The molecule has 0 aliphatic heterocycles. The van der Waals surface area contributed by atoms with E-state index in [0.29, 0.717) is 24.3 Å². The molecule has 0 heterocycles. The van der Waals surface area contributed by atoms with E-state index >= 15 is 0 Å². The second-order valence-corrected chi connectivity index (χ2v) is 7.65. The normalized spacial score (nSPS) is 12.3. The van der Waals surface area contributed by atoms with E-state index in [2.05, 4.69) is 5.32 Å². The third-order valence-electron chi connectivity index (χ3n) is 4.17. The number of rotatable bonds is 8. The molecule has 7 nitrogen and oxygen atoms in total. The van der Waals surface area contributed by atoms with Crippen molar-refractivity contribution < 1.29 is 22.7 Å². The molecule has 3 N–H and O–H groups in total. The molecule has 0 aromatic heterocycles. The lowest BCUT2D eigenvalue weighted by Gasteiger charge is -2.15. The number of primary sulfonamides is 1. The first-order valence-corrected chi connectivity index (χ1v) is 9.92. The molecule has 0 aliphatic carbocycles. The molecule has 146 valence electrons. The minimum absolute atomic E-state index is 0.0400. The Hall–Kier alpha value is -2.58. The summed E-state index contributed by atoms with van der Waals surface area (Å²) in [6.45, 7) is 1.83. The van der Waals surface area contributed by atoms with Crippen molar-refractivity contribution in [3.63, 3.8) is 0 Å². The number of benzene rings is 2. The highest BCUT2D eigenvalue weighted by Gasteiger charge is 2.13. The number of amides is 1. The number of sulfonamides is 1. The average Bonchev–Trinajstić information content (AvgIpc) is 2.65. The number of nitrogens with one attached hydrogen (secondary N) is 1. The number of carbonyl (C=O) groups excluding carboxylic acids is 1. The van der Waals surface area contributed by atoms with Crippen molar-refractivity contribution in [1.29, 1.82) is 0 Å². The standard InChI is InChI=1S/C19H24N2O5S/c1-13(15-6-8-16(9-7-15)27(20,23)24)21-19(22)11-5-14-4-10-17(25-2)18(12-14)26-3/h4,6-10,12-13H,5,11H2,1-3H3,(H,21,22)(H2,20,23,24). The van der Waals surface area contributed by atoms with Crippen molar-refractivity contribution >= 4 is 15.9 Å². The molecule has 2 rings (SSSR count). The van der Waals surface area contributed by atoms with E-state index in [-0.39, 0.29) is 16.8 Å². The van der Waals surface area contributed by atoms with Gasteiger partial charge in [-0.1, -0.05) is 18.2 Å². The van der Waals surface area contributed by atoms with Gasteiger partial charge in [0.25, 0.3) is 0 Å². The zero-order valence-corrected chi connectivity index (χ0v) is 16.4. The van der Waals surface area contributed by atoms with Crippen molar-refractivity contribution in [1.82, 2.24) is 5.32 Å². The van der Waals surface area contributed by atoms with Gasteiger partial charge in [0, 0.05) is 6.42 Å². The first-order chi connectivity index (χ1) is 12.7. The summed E-state index contributed by atoms with van der Waals surface area (Å²) in [7, 11) is -0.587. The molecule has 0 fully saturated rings. The third-order valence-corrected chi connectivity index (χ3v) is 5.10. The van der Waals surface area contributed by atoms with E-state index in [1.165, 1.54) is 12.1 Å². The van der Waals surface area contributed by atoms with Crippen LogP contribution in [0.25, 0.3) is 0 Å². The SMILES string of the molecule is COc1ccc(CCC(=O)NC(C)c2ccc(S(N)(=O)=O)cc2)cc1OC. The molecule has 0 radical (unpaired) electrons. The van der Waals surface area contributed by atoms with Crippen LogP contribution >= 0.6 is 0 Å². The van der Waals surface area contributed by atoms with Crippen molar-refractivity contribution in [2.24, 2.45) is 5.14 Å². The summed E-state index contributed by atoms with van der Waals surface area (Å²) < 4.78 is 33.0. The lowest BCUT2D eigenvalue weighted by atomic mass is 10.1. The van der Waals surface area contributed by atoms with Gasteiger partial charge >= 0.3 is 0 Å². The molecule has 0 saturated heterocycles. The maximum absolute atomic E-state index is 12.2. The van der Waals surface area contributed by atoms with Gasteiger partial charge in [0.1, 0.15) is 0 Å². The Bertz CT molecular complexity index is 895. The van der Waals surface area contributed by atoms with Gasteiger partial charge in [-0.25, -0.2) is 13.6 Å². The van der Waals surface area contributed by atoms with Crippen LogP contribution in [0.4, 0.5) is 0 Å². The fraction of sp³-hybridized carbons (Fsp3) is 0.316. The largest absolute Gasteiger partial charge is 0.493 e. The lowest BCUT2D eigenvalue weighted by molar-refractivity contribution is -0.121. The highest BCUT2D eigenvalue weighted by atomic mass is 32.2. The van der Waals surface area contributed by atoms with Crippen LogP contribution < -0.4 is 19.9 Å². The third kappa shape index (κ3) is 5.70. The van der Waals surface area contributed by atoms with Crippen LogP contribution in [0, 0.1) is 0 Å². The maximum atomic E-state index is 12.2. The highest BCUT2D eigenvalue weighted by Crippen LogP contribution is 2.28. The average molecular weight is 392 g/mol. The van der Waals surface area contributed by atoms with Crippen LogP contribution in [0.2, 0.25) is 0 Å². The lowest BCUT2D eigenvalue weighted by Crippen LogP contribution is -2.26. The molecule has 2 aromatic rings. The Balaban J connectivity index is 1.93. The van der Waals surface area contributed by atoms with E-state index < -0.39 is 10.0 Å². The van der Waals surface area contributed by atoms with E-state index in [4.69, 9.17) is 14.6 Å². The molecule has 1 atom stereocenters. The first-order valence-electron chi connectivity index (χ1n) is 8.37. The number of carbonyl (C=O) groups is 1. The van der Waals surface area contributed by atoms with Gasteiger partial charge in [0.2, 0.25) is 15.9 Å². The van der Waals surface area contributed by atoms with Gasteiger partial charge in [0.15, 0.2) is 11.5 Å². The van der Waals surface area contributed by atoms with Crippen molar-refractivity contribution in [3.05, 3.63) is 53.6 Å². The number of aryl methyl sites for hydroxylation is 1. The number of ether oxygens (including phenoxy) is 2. The first kappa shape index (κ1) is 20.7. The quantitative estimate of drug-likeness (QED) is 0.716. The monoisotopic (exact) mass is 392 g/mol. The van der Waals surface area contributed by atoms with Gasteiger partial charge in [-0.15, -0.1) is 0 Å². The molecule has 27 heavy (non-hydrogen) atoms. The Morgan fingerprint density at radius 2 is 1.70 bits per heavy atom. The van der Waals surface area contributed by atoms with Crippen molar-refractivity contribution in [2.45, 2.75) is 30.7 Å². The molecule has 1 unspecified atom stereocenters. The molecular weight excluding hydrogens is 368 g/mol. The molecule has 0 spiro atoms. The summed E-state index contributed by atoms with van der Waals surface area (Å²) in [4.78, 5) is 12.3. The fourth-order valence-corrected chi connectivity index (χ4v) is 3.15. The number of hydrogen-bond acceptors (Lipinski definition) is 5. The molecule has 0 aliphatic rings. The zero-order valence-electron chi connectivity index (χ0n) is 15.6. The molecule has 8 heteroatoms. The van der Waals surface area contributed by atoms with E-state index in [0.717, 1.165) is 11.1 Å². The molecular formula is C19H24N2O5S. The molecule has 1 amide bonds. The Morgan fingerprint density at radius 1 is 1.07 bits per heavy atom. The molecule has 0 saturated carbocycles. The van der Waals surface area contributed by atoms with Crippen LogP contribution in [0.3, 0.4) is 0 Å². The predicted molar refractivity (Wildman–Crippen MR) is 102 cm³/mol. The van der Waals surface area contributed by atoms with Gasteiger partial charge in [-0.05, 0) is 48.7 Å². The second kappa shape index (κ2) is 8.88. The minimum atomic E-state index is -3.72. The molecule has 2 aromatic carbocycles. The number of methoxy groups -OCH3 is 2. The summed E-state index contributed by atoms with van der Waals surface area (Å²) in [5.41, 5.74) is 1.76. The van der Waals surface area contributed by atoms with E-state index in [1.807, 2.05) is 25.1 Å². The van der Waals surface area contributed by atoms with Crippen LogP contribution in [0.5, 0.6) is 11.5 Å². The van der Waals surface area contributed by atoms with Crippen molar-refractivity contribution in [3.8, 4) is 11.5 Å². The second-order valence-electron chi connectivity index (χ2n) is 6.09. The Morgan fingerprint density at radius 3 is 2.26 bits per heavy atom. The summed E-state index contributed by atoms with van der Waals surface area (Å²) in [5, 5.41) is 7.98. The van der Waals surface area contributed by atoms with Gasteiger partial charge in [0.05, 0.1) is 25.2 Å². The summed E-state index contributed by atoms with van der Waals surface area (Å²) in [5.74, 6) is 1.16. The van der Waals surface area contributed by atoms with Crippen LogP contribution in [0.15, 0.2) is 47.4 Å². The Kier molecular flexibility index (Phi) is 6.81. The van der Waals surface area contributed by atoms with E-state index in [1.54, 1.807) is 26.4 Å². The van der Waals surface area contributed by atoms with Crippen LogP contribution in [-0.2, 0) is 21.2 Å². The zero-order chi connectivity index (χ0) is 20.0. The van der Waals surface area contributed by atoms with Gasteiger partial charge in [-0.2, -0.15) is 0 Å². The Labute approximate surface area is 159 Å². The minimum Gasteiger partial charge on any atom is -0.493 e. The summed E-state index contributed by atoms with van der Waals surface area (Å²) in [6, 6.07) is 11.4. The predicted octanol–water partition coefficient (Wildman–Crippen LogP) is 2.16. The highest BCUT2D eigenvalue weighted by molar-refractivity contribution is 7.89. The van der Waals surface area contributed by atoms with Crippen molar-refractivity contribution in [2.75, 3.05) is 14.2 Å². The van der Waals surface area contributed by atoms with Crippen LogP contribution in [-0.4, -0.2) is 28.5 Å². The number of nitrogens with two attached hydrogens (primary N) is 1. The summed E-state index contributed by atoms with van der Waals surface area (Å²) >= 11 is 0. The van der Waals surface area contributed by atoms with E-state index in [9.17, 15) is 13.2 Å². The topological polar surface area (TPSA) is 108 Å². The number of hydrogen-bond donors (Lipinski definition) is 2. The van der Waals surface area contributed by atoms with Crippen LogP contribution in [0.1, 0.15) is 30.5 Å². The summed E-state index contributed by atoms with van der Waals surface area (Å²) in [6.07, 6.45) is 0.873. The fourth-order valence-electron chi connectivity index (χ4n) is 2.64.